The van der Waals surface area contributed by atoms with Gasteiger partial charge in [0.15, 0.2) is 5.69 Å². The fourth-order valence-electron chi connectivity index (χ4n) is 1.72. The lowest BCUT2D eigenvalue weighted by atomic mass is 9.98. The van der Waals surface area contributed by atoms with E-state index in [1.807, 2.05) is 20.8 Å². The van der Waals surface area contributed by atoms with Gasteiger partial charge in [-0.2, -0.15) is 0 Å². The Hall–Kier alpha value is -1.75. The summed E-state index contributed by atoms with van der Waals surface area (Å²) < 4.78 is 13.7. The average Bonchev–Trinajstić information content (AvgIpc) is 2.77. The van der Waals surface area contributed by atoms with Gasteiger partial charge in [0.2, 0.25) is 0 Å². The van der Waals surface area contributed by atoms with E-state index in [4.69, 9.17) is 0 Å². The van der Waals surface area contributed by atoms with Crippen LogP contribution in [0.1, 0.15) is 41.8 Å². The fraction of sp³-hybridized carbons (Fsp3) is 0.333. The van der Waals surface area contributed by atoms with Gasteiger partial charge in [0.05, 0.1) is 9.88 Å². The van der Waals surface area contributed by atoms with Crippen molar-refractivity contribution in [3.8, 4) is 10.4 Å². The monoisotopic (exact) mass is 293 g/mol. The van der Waals surface area contributed by atoms with Gasteiger partial charge in [0.25, 0.3) is 0 Å². The molecule has 1 aromatic heterocycles. The molecule has 0 aliphatic heterocycles. The molecule has 2 rings (SSSR count). The molecule has 1 N–H and O–H groups in total. The second kappa shape index (κ2) is 4.98. The maximum Gasteiger partial charge on any atom is 0.356 e. The second-order valence-electron chi connectivity index (χ2n) is 5.72. The van der Waals surface area contributed by atoms with Gasteiger partial charge in [0, 0.05) is 5.41 Å². The summed E-state index contributed by atoms with van der Waals surface area (Å²) >= 11 is 1.30. The van der Waals surface area contributed by atoms with Crippen LogP contribution in [0.2, 0.25) is 0 Å². The van der Waals surface area contributed by atoms with Crippen molar-refractivity contribution in [2.45, 2.75) is 33.1 Å². The van der Waals surface area contributed by atoms with Gasteiger partial charge in [-0.25, -0.2) is 14.2 Å². The molecule has 0 saturated carbocycles. The molecule has 0 bridgehead atoms. The highest BCUT2D eigenvalue weighted by Gasteiger charge is 2.25. The highest BCUT2D eigenvalue weighted by atomic mass is 32.1. The first kappa shape index (κ1) is 14.7. The van der Waals surface area contributed by atoms with Crippen molar-refractivity contribution in [2.24, 2.45) is 0 Å². The molecule has 0 spiro atoms. The van der Waals surface area contributed by atoms with E-state index in [0.717, 1.165) is 5.01 Å². The largest absolute Gasteiger partial charge is 0.476 e. The summed E-state index contributed by atoms with van der Waals surface area (Å²) in [5.74, 6) is -1.43. The molecule has 20 heavy (non-hydrogen) atoms. The molecule has 0 amide bonds. The van der Waals surface area contributed by atoms with Crippen molar-refractivity contribution in [1.82, 2.24) is 4.98 Å². The number of carbonyl (C=O) groups is 1. The van der Waals surface area contributed by atoms with E-state index in [0.29, 0.717) is 16.0 Å². The van der Waals surface area contributed by atoms with Crippen LogP contribution in [0.4, 0.5) is 4.39 Å². The Morgan fingerprint density at radius 2 is 2.00 bits per heavy atom. The molecule has 0 saturated heterocycles. The lowest BCUT2D eigenvalue weighted by Crippen LogP contribution is -2.11. The molecule has 3 nitrogen and oxygen atoms in total. The molecule has 2 aromatic rings. The number of carboxylic acids is 1. The van der Waals surface area contributed by atoms with E-state index >= 15 is 0 Å². The van der Waals surface area contributed by atoms with E-state index in [2.05, 4.69) is 4.98 Å². The van der Waals surface area contributed by atoms with Crippen LogP contribution >= 0.6 is 11.3 Å². The summed E-state index contributed by atoms with van der Waals surface area (Å²) in [6.45, 7) is 7.58. The number of nitrogens with zero attached hydrogens (tertiary/aromatic N) is 1. The van der Waals surface area contributed by atoms with E-state index < -0.39 is 5.97 Å². The number of hydrogen-bond acceptors (Lipinski definition) is 3. The smallest absolute Gasteiger partial charge is 0.356 e. The Labute approximate surface area is 121 Å². The van der Waals surface area contributed by atoms with E-state index in [-0.39, 0.29) is 16.9 Å². The minimum atomic E-state index is -1.09. The fourth-order valence-corrected chi connectivity index (χ4v) is 2.83. The molecule has 0 radical (unpaired) electrons. The molecular formula is C15H16FNO2S. The zero-order valence-corrected chi connectivity index (χ0v) is 12.6. The van der Waals surface area contributed by atoms with Crippen molar-refractivity contribution >= 4 is 17.3 Å². The number of aromatic nitrogens is 1. The lowest BCUT2D eigenvalue weighted by molar-refractivity contribution is 0.0692. The van der Waals surface area contributed by atoms with Crippen LogP contribution in [0.3, 0.4) is 0 Å². The maximum absolute atomic E-state index is 13.7. The number of carboxylic acid groups (broad SMARTS) is 1. The number of aromatic carboxylic acids is 1. The summed E-state index contributed by atoms with van der Waals surface area (Å²) in [6, 6.07) is 4.74. The third kappa shape index (κ3) is 2.72. The Bertz CT molecular complexity index is 671. The van der Waals surface area contributed by atoms with Crippen LogP contribution in [0.15, 0.2) is 18.2 Å². The number of hydrogen-bond donors (Lipinski definition) is 1. The topological polar surface area (TPSA) is 50.2 Å². The van der Waals surface area contributed by atoms with E-state index in [1.165, 1.54) is 17.4 Å². The first-order chi connectivity index (χ1) is 9.20. The molecule has 1 heterocycles. The maximum atomic E-state index is 13.7. The molecule has 0 aliphatic rings. The van der Waals surface area contributed by atoms with Gasteiger partial charge in [-0.15, -0.1) is 11.3 Å². The number of halogens is 1. The van der Waals surface area contributed by atoms with Crippen molar-refractivity contribution < 1.29 is 14.3 Å². The molecule has 0 atom stereocenters. The van der Waals surface area contributed by atoms with Gasteiger partial charge < -0.3 is 5.11 Å². The van der Waals surface area contributed by atoms with Gasteiger partial charge in [-0.05, 0) is 24.1 Å². The van der Waals surface area contributed by atoms with E-state index in [9.17, 15) is 14.3 Å². The summed E-state index contributed by atoms with van der Waals surface area (Å²) in [6.07, 6.45) is 0. The average molecular weight is 293 g/mol. The minimum Gasteiger partial charge on any atom is -0.476 e. The number of thiazole rings is 1. The Balaban J connectivity index is 2.63. The van der Waals surface area contributed by atoms with Crippen LogP contribution < -0.4 is 0 Å². The van der Waals surface area contributed by atoms with Crippen LogP contribution in [0.25, 0.3) is 10.4 Å². The van der Waals surface area contributed by atoms with Crippen molar-refractivity contribution in [1.29, 1.82) is 0 Å². The summed E-state index contributed by atoms with van der Waals surface area (Å²) in [5, 5.41) is 10.0. The van der Waals surface area contributed by atoms with Gasteiger partial charge in [-0.3, -0.25) is 0 Å². The molecule has 0 aliphatic carbocycles. The van der Waals surface area contributed by atoms with Crippen molar-refractivity contribution in [2.75, 3.05) is 0 Å². The molecule has 0 unspecified atom stereocenters. The van der Waals surface area contributed by atoms with Gasteiger partial charge >= 0.3 is 5.97 Å². The van der Waals surface area contributed by atoms with Crippen molar-refractivity contribution in [3.63, 3.8) is 0 Å². The normalized spacial score (nSPS) is 11.7. The Morgan fingerprint density at radius 3 is 2.50 bits per heavy atom. The SMILES string of the molecule is Cc1ccc(-c2sc(C(C)(C)C)nc2C(=O)O)cc1F. The molecule has 1 aromatic carbocycles. The summed E-state index contributed by atoms with van der Waals surface area (Å²) in [4.78, 5) is 16.0. The third-order valence-corrected chi connectivity index (χ3v) is 4.44. The highest BCUT2D eigenvalue weighted by Crippen LogP contribution is 2.36. The molecule has 0 fully saturated rings. The first-order valence-electron chi connectivity index (χ1n) is 6.21. The van der Waals surface area contributed by atoms with Gasteiger partial charge in [-0.1, -0.05) is 32.9 Å². The quantitative estimate of drug-likeness (QED) is 0.900. The highest BCUT2D eigenvalue weighted by molar-refractivity contribution is 7.15. The minimum absolute atomic E-state index is 0.0109. The summed E-state index contributed by atoms with van der Waals surface area (Å²) in [5.41, 5.74) is 0.837. The standard InChI is InChI=1S/C15H16FNO2S/c1-8-5-6-9(7-10(8)16)12-11(13(18)19)17-14(20-12)15(2,3)4/h5-7H,1-4H3,(H,18,19). The third-order valence-electron chi connectivity index (χ3n) is 2.91. The van der Waals surface area contributed by atoms with E-state index in [1.54, 1.807) is 19.1 Å². The number of rotatable bonds is 2. The zero-order valence-electron chi connectivity index (χ0n) is 11.8. The van der Waals surface area contributed by atoms with Crippen LogP contribution in [0, 0.1) is 12.7 Å². The van der Waals surface area contributed by atoms with Crippen LogP contribution in [-0.2, 0) is 5.41 Å². The first-order valence-corrected chi connectivity index (χ1v) is 7.03. The Morgan fingerprint density at radius 1 is 1.35 bits per heavy atom. The second-order valence-corrected chi connectivity index (χ2v) is 6.71. The van der Waals surface area contributed by atoms with Crippen LogP contribution in [0.5, 0.6) is 0 Å². The summed E-state index contributed by atoms with van der Waals surface area (Å²) in [7, 11) is 0. The molecule has 5 heteroatoms. The predicted molar refractivity (Wildman–Crippen MR) is 77.9 cm³/mol. The van der Waals surface area contributed by atoms with Crippen LogP contribution in [-0.4, -0.2) is 16.1 Å². The number of aryl methyl sites for hydroxylation is 1. The van der Waals surface area contributed by atoms with Gasteiger partial charge in [0.1, 0.15) is 5.82 Å². The predicted octanol–water partition coefficient (Wildman–Crippen LogP) is 4.25. The Kier molecular flexibility index (Phi) is 3.65. The lowest BCUT2D eigenvalue weighted by Gasteiger charge is -2.13. The molecule has 106 valence electrons. The van der Waals surface area contributed by atoms with Crippen molar-refractivity contribution in [3.05, 3.63) is 40.3 Å². The number of benzene rings is 1. The molecular weight excluding hydrogens is 277 g/mol. The zero-order chi connectivity index (χ0) is 15.1.